The first kappa shape index (κ1) is 14.3. The molecule has 21 heavy (non-hydrogen) atoms. The molecule has 1 atom stereocenters. The molecule has 0 aliphatic carbocycles. The maximum absolute atomic E-state index is 5.95. The standard InChI is InChI=1S/C15H18N4OS/c1-4-9-20-14-13(12-7-5-10(2)6-8-12)18-19-11(3)16-17-15(19)21-14/h5-8,14H,4,9H2,1-3H3. The van der Waals surface area contributed by atoms with Crippen LogP contribution in [0.1, 0.15) is 30.3 Å². The highest BCUT2D eigenvalue weighted by atomic mass is 32.2. The van der Waals surface area contributed by atoms with Crippen LogP contribution in [0.2, 0.25) is 0 Å². The zero-order valence-electron chi connectivity index (χ0n) is 12.4. The van der Waals surface area contributed by atoms with Crippen molar-refractivity contribution in [3.8, 4) is 0 Å². The second-order valence-electron chi connectivity index (χ2n) is 5.01. The number of thioether (sulfide) groups is 1. The van der Waals surface area contributed by atoms with Gasteiger partial charge in [-0.15, -0.1) is 10.2 Å². The van der Waals surface area contributed by atoms with Gasteiger partial charge in [-0.3, -0.25) is 0 Å². The Balaban J connectivity index is 2.00. The maximum atomic E-state index is 5.95. The molecule has 5 nitrogen and oxygen atoms in total. The minimum Gasteiger partial charge on any atom is -0.361 e. The largest absolute Gasteiger partial charge is 0.361 e. The van der Waals surface area contributed by atoms with Gasteiger partial charge in [0.25, 0.3) is 0 Å². The molecule has 2 heterocycles. The smallest absolute Gasteiger partial charge is 0.214 e. The van der Waals surface area contributed by atoms with E-state index in [4.69, 9.17) is 9.84 Å². The van der Waals surface area contributed by atoms with Gasteiger partial charge in [0.2, 0.25) is 5.16 Å². The van der Waals surface area contributed by atoms with Gasteiger partial charge >= 0.3 is 0 Å². The molecule has 0 saturated carbocycles. The van der Waals surface area contributed by atoms with E-state index < -0.39 is 0 Å². The number of aromatic nitrogens is 3. The summed E-state index contributed by atoms with van der Waals surface area (Å²) in [5, 5.41) is 13.7. The lowest BCUT2D eigenvalue weighted by Gasteiger charge is -2.23. The van der Waals surface area contributed by atoms with Crippen LogP contribution in [-0.2, 0) is 4.74 Å². The Morgan fingerprint density at radius 1 is 1.19 bits per heavy atom. The van der Waals surface area contributed by atoms with E-state index in [2.05, 4.69) is 48.3 Å². The van der Waals surface area contributed by atoms with E-state index in [1.54, 1.807) is 16.4 Å². The van der Waals surface area contributed by atoms with E-state index in [9.17, 15) is 0 Å². The number of nitrogens with zero attached hydrogens (tertiary/aromatic N) is 4. The molecular weight excluding hydrogens is 284 g/mol. The van der Waals surface area contributed by atoms with Crippen molar-refractivity contribution in [1.82, 2.24) is 14.9 Å². The van der Waals surface area contributed by atoms with Gasteiger partial charge in [-0.2, -0.15) is 9.78 Å². The van der Waals surface area contributed by atoms with Gasteiger partial charge in [-0.1, -0.05) is 36.8 Å². The number of hydrogen-bond acceptors (Lipinski definition) is 5. The average molecular weight is 302 g/mol. The Morgan fingerprint density at radius 3 is 2.67 bits per heavy atom. The summed E-state index contributed by atoms with van der Waals surface area (Å²) in [7, 11) is 0. The summed E-state index contributed by atoms with van der Waals surface area (Å²) in [6, 6.07) is 8.35. The third kappa shape index (κ3) is 2.87. The number of rotatable bonds is 4. The molecule has 0 radical (unpaired) electrons. The van der Waals surface area contributed by atoms with Gasteiger partial charge < -0.3 is 4.74 Å². The third-order valence-electron chi connectivity index (χ3n) is 3.23. The van der Waals surface area contributed by atoms with Crippen LogP contribution in [0.15, 0.2) is 34.5 Å². The lowest BCUT2D eigenvalue weighted by molar-refractivity contribution is 0.150. The van der Waals surface area contributed by atoms with Gasteiger partial charge in [0.05, 0.1) is 0 Å². The molecule has 1 aromatic carbocycles. The predicted octanol–water partition coefficient (Wildman–Crippen LogP) is 3.01. The lowest BCUT2D eigenvalue weighted by Crippen LogP contribution is -2.27. The van der Waals surface area contributed by atoms with Crippen LogP contribution in [-0.4, -0.2) is 32.6 Å². The fourth-order valence-electron chi connectivity index (χ4n) is 2.09. The molecule has 1 aliphatic heterocycles. The number of aryl methyl sites for hydroxylation is 2. The van der Waals surface area contributed by atoms with Gasteiger partial charge in [0, 0.05) is 12.2 Å². The minimum absolute atomic E-state index is 0.135. The molecule has 1 aliphatic rings. The van der Waals surface area contributed by atoms with Crippen molar-refractivity contribution in [2.75, 3.05) is 6.61 Å². The number of benzene rings is 1. The fourth-order valence-corrected chi connectivity index (χ4v) is 3.10. The Hall–Kier alpha value is -1.66. The molecule has 0 saturated heterocycles. The van der Waals surface area contributed by atoms with E-state index in [0.717, 1.165) is 28.7 Å². The van der Waals surface area contributed by atoms with E-state index in [0.29, 0.717) is 6.61 Å². The molecule has 2 aromatic rings. The van der Waals surface area contributed by atoms with Crippen LogP contribution in [0, 0.1) is 13.8 Å². The van der Waals surface area contributed by atoms with Crippen molar-refractivity contribution >= 4 is 17.5 Å². The summed E-state index contributed by atoms with van der Waals surface area (Å²) < 4.78 is 7.73. The monoisotopic (exact) mass is 302 g/mol. The SMILES string of the molecule is CCCOC1Sc2nnc(C)n2N=C1c1ccc(C)cc1. The van der Waals surface area contributed by atoms with Crippen molar-refractivity contribution in [3.05, 3.63) is 41.2 Å². The fraction of sp³-hybridized carbons (Fsp3) is 0.400. The normalized spacial score (nSPS) is 17.5. The average Bonchev–Trinajstić information content (AvgIpc) is 2.86. The topological polar surface area (TPSA) is 52.3 Å². The second kappa shape index (κ2) is 5.99. The van der Waals surface area contributed by atoms with E-state index in [1.165, 1.54) is 5.56 Å². The Kier molecular flexibility index (Phi) is 4.07. The van der Waals surface area contributed by atoms with Crippen LogP contribution < -0.4 is 0 Å². The molecule has 1 aromatic heterocycles. The van der Waals surface area contributed by atoms with Gasteiger partial charge in [-0.05, 0) is 32.0 Å². The second-order valence-corrected chi connectivity index (χ2v) is 6.04. The van der Waals surface area contributed by atoms with Crippen molar-refractivity contribution in [2.45, 2.75) is 37.8 Å². The Labute approximate surface area is 128 Å². The van der Waals surface area contributed by atoms with Crippen LogP contribution in [0.4, 0.5) is 0 Å². The highest BCUT2D eigenvalue weighted by molar-refractivity contribution is 8.00. The molecule has 0 fully saturated rings. The molecule has 1 unspecified atom stereocenters. The molecule has 0 amide bonds. The molecule has 110 valence electrons. The van der Waals surface area contributed by atoms with Crippen LogP contribution in [0.5, 0.6) is 0 Å². The Bertz CT molecular complexity index is 663. The first-order chi connectivity index (χ1) is 10.2. The summed E-state index contributed by atoms with van der Waals surface area (Å²) in [4.78, 5) is 0. The first-order valence-corrected chi connectivity index (χ1v) is 7.93. The van der Waals surface area contributed by atoms with Crippen LogP contribution in [0.25, 0.3) is 0 Å². The number of ether oxygens (including phenoxy) is 1. The minimum atomic E-state index is -0.135. The van der Waals surface area contributed by atoms with Crippen molar-refractivity contribution < 1.29 is 4.74 Å². The maximum Gasteiger partial charge on any atom is 0.214 e. The molecule has 6 heteroatoms. The van der Waals surface area contributed by atoms with Crippen molar-refractivity contribution in [1.29, 1.82) is 0 Å². The zero-order valence-corrected chi connectivity index (χ0v) is 13.2. The molecule has 0 spiro atoms. The van der Waals surface area contributed by atoms with E-state index in [1.807, 2.05) is 6.92 Å². The van der Waals surface area contributed by atoms with Gasteiger partial charge in [0.15, 0.2) is 11.3 Å². The summed E-state index contributed by atoms with van der Waals surface area (Å²) in [5.74, 6) is 0.788. The summed E-state index contributed by atoms with van der Waals surface area (Å²) >= 11 is 1.56. The number of hydrogen-bond donors (Lipinski definition) is 0. The summed E-state index contributed by atoms with van der Waals surface area (Å²) in [6.45, 7) is 6.79. The predicted molar refractivity (Wildman–Crippen MR) is 83.8 cm³/mol. The molecule has 0 N–H and O–H groups in total. The van der Waals surface area contributed by atoms with Gasteiger partial charge in [-0.25, -0.2) is 0 Å². The van der Waals surface area contributed by atoms with E-state index >= 15 is 0 Å². The highest BCUT2D eigenvalue weighted by Crippen LogP contribution is 2.31. The molecule has 0 bridgehead atoms. The quantitative estimate of drug-likeness (QED) is 0.871. The summed E-state index contributed by atoms with van der Waals surface area (Å²) in [6.07, 6.45) is 0.976. The van der Waals surface area contributed by atoms with E-state index in [-0.39, 0.29) is 5.44 Å². The van der Waals surface area contributed by atoms with Crippen molar-refractivity contribution in [2.24, 2.45) is 5.10 Å². The lowest BCUT2D eigenvalue weighted by atomic mass is 10.1. The highest BCUT2D eigenvalue weighted by Gasteiger charge is 2.28. The Morgan fingerprint density at radius 2 is 1.95 bits per heavy atom. The van der Waals surface area contributed by atoms with Crippen LogP contribution >= 0.6 is 11.8 Å². The van der Waals surface area contributed by atoms with Crippen molar-refractivity contribution in [3.63, 3.8) is 0 Å². The first-order valence-electron chi connectivity index (χ1n) is 7.05. The third-order valence-corrected chi connectivity index (χ3v) is 4.27. The summed E-state index contributed by atoms with van der Waals surface area (Å²) in [5.41, 5.74) is 3.09. The van der Waals surface area contributed by atoms with Crippen LogP contribution in [0.3, 0.4) is 0 Å². The van der Waals surface area contributed by atoms with Gasteiger partial charge in [0.1, 0.15) is 5.71 Å². The molecular formula is C15H18N4OS. The zero-order chi connectivity index (χ0) is 14.8. The molecule has 3 rings (SSSR count). The number of fused-ring (bicyclic) bond motifs is 1.